The summed E-state index contributed by atoms with van der Waals surface area (Å²) in [5.41, 5.74) is 0.427. The van der Waals surface area contributed by atoms with Crippen molar-refractivity contribution in [2.75, 3.05) is 0 Å². The van der Waals surface area contributed by atoms with Crippen LogP contribution in [0.2, 0.25) is 0 Å². The molecule has 0 saturated heterocycles. The molecule has 0 amide bonds. The second-order valence-corrected chi connectivity index (χ2v) is 2.42. The van der Waals surface area contributed by atoms with E-state index in [9.17, 15) is 9.90 Å². The third kappa shape index (κ3) is 1.92. The Hall–Kier alpha value is -1.09. The third-order valence-electron chi connectivity index (χ3n) is 1.50. The fourth-order valence-electron chi connectivity index (χ4n) is 0.870. The minimum atomic E-state index is -0.962. The van der Waals surface area contributed by atoms with Crippen molar-refractivity contribution in [2.45, 2.75) is 6.10 Å². The molecule has 0 aliphatic rings. The van der Waals surface area contributed by atoms with Crippen LogP contribution in [0.15, 0.2) is 30.3 Å². The zero-order valence-corrected chi connectivity index (χ0v) is 6.32. The van der Waals surface area contributed by atoms with Crippen LogP contribution in [0.3, 0.4) is 0 Å². The van der Waals surface area contributed by atoms with Crippen LogP contribution in [-0.4, -0.2) is 18.6 Å². The maximum atomic E-state index is 10.7. The molecule has 0 unspecified atom stereocenters. The fourth-order valence-corrected chi connectivity index (χ4v) is 0.870. The molecule has 2 nitrogen and oxygen atoms in total. The number of aliphatic hydroxyl groups excluding tert-OH is 1. The van der Waals surface area contributed by atoms with Gasteiger partial charge in [-0.05, 0) is 5.56 Å². The van der Waals surface area contributed by atoms with Gasteiger partial charge in [0.25, 0.3) is 0 Å². The predicted octanol–water partition coefficient (Wildman–Crippen LogP) is -0.120. The lowest BCUT2D eigenvalue weighted by atomic mass is 9.92. The largest absolute Gasteiger partial charge is 0.382 e. The van der Waals surface area contributed by atoms with Gasteiger partial charge in [0.1, 0.15) is 11.8 Å². The van der Waals surface area contributed by atoms with E-state index in [1.54, 1.807) is 24.3 Å². The quantitative estimate of drug-likeness (QED) is 0.593. The molecule has 3 heteroatoms. The molecule has 0 aliphatic carbocycles. The monoisotopic (exact) mass is 148 g/mol. The number of carbonyl (C=O) groups excluding carboxylic acids is 1. The summed E-state index contributed by atoms with van der Waals surface area (Å²) in [5.74, 6) is 0. The van der Waals surface area contributed by atoms with Crippen LogP contribution in [0.25, 0.3) is 0 Å². The average Bonchev–Trinajstić information content (AvgIpc) is 2.05. The Kier molecular flexibility index (Phi) is 2.44. The number of hydrogen-bond donors (Lipinski definition) is 1. The molecule has 1 N–H and O–H groups in total. The Morgan fingerprint density at radius 2 is 1.91 bits per heavy atom. The molecule has 0 fully saturated rings. The van der Waals surface area contributed by atoms with Crippen molar-refractivity contribution in [3.8, 4) is 0 Å². The van der Waals surface area contributed by atoms with Crippen molar-refractivity contribution < 1.29 is 9.90 Å². The van der Waals surface area contributed by atoms with Crippen LogP contribution in [-0.2, 0) is 4.79 Å². The highest BCUT2D eigenvalue weighted by atomic mass is 16.3. The summed E-state index contributed by atoms with van der Waals surface area (Å²) in [6.45, 7) is 0. The molecule has 0 aliphatic heterocycles. The first-order valence-electron chi connectivity index (χ1n) is 3.45. The van der Waals surface area contributed by atoms with Gasteiger partial charge in [-0.15, -0.1) is 0 Å². The van der Waals surface area contributed by atoms with E-state index in [1.165, 1.54) is 7.85 Å². The van der Waals surface area contributed by atoms with Crippen LogP contribution < -0.4 is 0 Å². The van der Waals surface area contributed by atoms with Crippen molar-refractivity contribution in [3.05, 3.63) is 35.9 Å². The molecule has 1 rings (SSSR count). The summed E-state index contributed by atoms with van der Waals surface area (Å²) in [7, 11) is 1.37. The predicted molar refractivity (Wildman–Crippen MR) is 45.0 cm³/mol. The van der Waals surface area contributed by atoms with Gasteiger partial charge in [0.15, 0.2) is 7.85 Å². The van der Waals surface area contributed by atoms with Crippen LogP contribution >= 0.6 is 0 Å². The Labute approximate surface area is 66.3 Å². The first kappa shape index (κ1) is 8.02. The zero-order chi connectivity index (χ0) is 8.27. The second-order valence-electron chi connectivity index (χ2n) is 2.42. The molecule has 1 aromatic carbocycles. The van der Waals surface area contributed by atoms with E-state index in [0.29, 0.717) is 5.56 Å². The Bertz CT molecular complexity index is 246. The average molecular weight is 148 g/mol. The van der Waals surface area contributed by atoms with Crippen LogP contribution in [0.5, 0.6) is 0 Å². The van der Waals surface area contributed by atoms with Gasteiger partial charge < -0.3 is 9.90 Å². The minimum absolute atomic E-state index is 0.226. The molecule has 0 aromatic heterocycles. The molecule has 0 bridgehead atoms. The van der Waals surface area contributed by atoms with Gasteiger partial charge in [0, 0.05) is 0 Å². The highest BCUT2D eigenvalue weighted by molar-refractivity contribution is 6.58. The summed E-state index contributed by atoms with van der Waals surface area (Å²) in [6, 6.07) is 8.89. The maximum Gasteiger partial charge on any atom is 0.191 e. The minimum Gasteiger partial charge on any atom is -0.382 e. The molecular formula is C8H9BO2. The molecule has 1 atom stereocenters. The van der Waals surface area contributed by atoms with Crippen molar-refractivity contribution in [2.24, 2.45) is 0 Å². The number of aliphatic hydroxyl groups is 1. The summed E-state index contributed by atoms with van der Waals surface area (Å²) in [6.07, 6.45) is -0.962. The lowest BCUT2D eigenvalue weighted by molar-refractivity contribution is -0.119. The standard InChI is InChI=1S/C8H9BO2/c9-8(11)7(10)6-4-2-1-3-5-6/h1-5,7,10H,9H2/t7-/m0/s1. The van der Waals surface area contributed by atoms with E-state index in [1.807, 2.05) is 6.07 Å². The lowest BCUT2D eigenvalue weighted by Crippen LogP contribution is -2.10. The van der Waals surface area contributed by atoms with Crippen LogP contribution in [0.4, 0.5) is 0 Å². The summed E-state index contributed by atoms with van der Waals surface area (Å²) in [4.78, 5) is 10.7. The molecule has 0 spiro atoms. The highest BCUT2D eigenvalue weighted by Crippen LogP contribution is 2.10. The van der Waals surface area contributed by atoms with Crippen LogP contribution in [0, 0.1) is 0 Å². The molecule has 1 aromatic rings. The van der Waals surface area contributed by atoms with Crippen molar-refractivity contribution >= 4 is 13.5 Å². The van der Waals surface area contributed by atoms with Gasteiger partial charge in [-0.1, -0.05) is 30.3 Å². The van der Waals surface area contributed by atoms with Gasteiger partial charge in [0.05, 0.1) is 0 Å². The van der Waals surface area contributed by atoms with Gasteiger partial charge in [-0.3, -0.25) is 0 Å². The number of benzene rings is 1. The summed E-state index contributed by atoms with van der Waals surface area (Å²) < 4.78 is 0. The van der Waals surface area contributed by atoms with E-state index in [2.05, 4.69) is 0 Å². The smallest absolute Gasteiger partial charge is 0.191 e. The molecule has 0 radical (unpaired) electrons. The van der Waals surface area contributed by atoms with Crippen molar-refractivity contribution in [1.82, 2.24) is 0 Å². The Balaban J connectivity index is 2.85. The van der Waals surface area contributed by atoms with Crippen molar-refractivity contribution in [1.29, 1.82) is 0 Å². The van der Waals surface area contributed by atoms with Gasteiger partial charge in [-0.25, -0.2) is 0 Å². The third-order valence-corrected chi connectivity index (χ3v) is 1.50. The molecule has 0 saturated carbocycles. The lowest BCUT2D eigenvalue weighted by Gasteiger charge is -2.05. The number of carbonyl (C=O) groups is 1. The zero-order valence-electron chi connectivity index (χ0n) is 6.32. The molecular weight excluding hydrogens is 139 g/mol. The topological polar surface area (TPSA) is 37.3 Å². The van der Waals surface area contributed by atoms with Gasteiger partial charge in [-0.2, -0.15) is 0 Å². The number of rotatable bonds is 2. The molecule has 56 valence electrons. The second kappa shape index (κ2) is 3.35. The molecule has 11 heavy (non-hydrogen) atoms. The van der Waals surface area contributed by atoms with E-state index < -0.39 is 6.10 Å². The van der Waals surface area contributed by atoms with Crippen molar-refractivity contribution in [3.63, 3.8) is 0 Å². The van der Waals surface area contributed by atoms with Gasteiger partial charge >= 0.3 is 0 Å². The van der Waals surface area contributed by atoms with E-state index in [-0.39, 0.29) is 5.68 Å². The van der Waals surface area contributed by atoms with Crippen LogP contribution in [0.1, 0.15) is 11.7 Å². The SMILES string of the molecule is BC(=O)[C@@H](O)c1ccccc1. The Morgan fingerprint density at radius 3 is 2.36 bits per heavy atom. The highest BCUT2D eigenvalue weighted by Gasteiger charge is 2.10. The van der Waals surface area contributed by atoms with E-state index in [4.69, 9.17) is 0 Å². The first-order valence-corrected chi connectivity index (χ1v) is 3.45. The fraction of sp³-hybridized carbons (Fsp3) is 0.125. The summed E-state index contributed by atoms with van der Waals surface area (Å²) in [5, 5.41) is 9.25. The Morgan fingerprint density at radius 1 is 1.36 bits per heavy atom. The first-order chi connectivity index (χ1) is 5.22. The van der Waals surface area contributed by atoms with E-state index in [0.717, 1.165) is 0 Å². The van der Waals surface area contributed by atoms with E-state index >= 15 is 0 Å². The van der Waals surface area contributed by atoms with Gasteiger partial charge in [0.2, 0.25) is 0 Å². The normalized spacial score (nSPS) is 12.5. The summed E-state index contributed by atoms with van der Waals surface area (Å²) >= 11 is 0. The maximum absolute atomic E-state index is 10.7. The molecule has 0 heterocycles. The number of hydrogen-bond acceptors (Lipinski definition) is 2.